The topological polar surface area (TPSA) is 55.8 Å². The number of hydrogen-bond donors (Lipinski definition) is 0. The Morgan fingerprint density at radius 1 is 0.565 bits per heavy atom. The van der Waals surface area contributed by atoms with E-state index in [0.717, 1.165) is 51.1 Å². The van der Waals surface area contributed by atoms with Crippen LogP contribution in [0, 0.1) is 17.8 Å². The number of rotatable bonds is 32. The monoisotopic (exact) mass is 650 g/mol. The van der Waals surface area contributed by atoms with E-state index in [1.807, 2.05) is 0 Å². The van der Waals surface area contributed by atoms with E-state index in [9.17, 15) is 9.59 Å². The first-order valence-electron chi connectivity index (χ1n) is 20.5. The van der Waals surface area contributed by atoms with Crippen molar-refractivity contribution in [2.24, 2.45) is 17.8 Å². The van der Waals surface area contributed by atoms with Crippen LogP contribution in [0.5, 0.6) is 0 Å². The number of nitrogens with zero attached hydrogens (tertiary/aromatic N) is 1. The van der Waals surface area contributed by atoms with Crippen LogP contribution >= 0.6 is 0 Å². The fraction of sp³-hybridized carbons (Fsp3) is 0.951. The third kappa shape index (κ3) is 25.0. The fourth-order valence-electron chi connectivity index (χ4n) is 7.06. The Kier molecular flexibility index (Phi) is 29.1. The van der Waals surface area contributed by atoms with E-state index in [4.69, 9.17) is 9.47 Å². The standard InChI is InChI=1S/C41H79NO4/c1-5-8-11-12-13-14-17-22-27-38(36-46-41(44)39-30-33-42(4)34-31-39)28-23-18-15-16-19-24-29-40(43)45-35-32-37(25-20-9-6-2)26-21-10-7-3/h37-39H,5-36H2,1-4H3. The van der Waals surface area contributed by atoms with Gasteiger partial charge in [0.2, 0.25) is 0 Å². The molecule has 0 saturated carbocycles. The molecule has 1 saturated heterocycles. The van der Waals surface area contributed by atoms with Crippen molar-refractivity contribution in [3.63, 3.8) is 0 Å². The van der Waals surface area contributed by atoms with Gasteiger partial charge in [-0.25, -0.2) is 0 Å². The van der Waals surface area contributed by atoms with Crippen molar-refractivity contribution < 1.29 is 19.1 Å². The van der Waals surface area contributed by atoms with Gasteiger partial charge in [-0.1, -0.05) is 156 Å². The van der Waals surface area contributed by atoms with Gasteiger partial charge in [-0.3, -0.25) is 9.59 Å². The summed E-state index contributed by atoms with van der Waals surface area (Å²) in [6, 6.07) is 0. The highest BCUT2D eigenvalue weighted by atomic mass is 16.5. The van der Waals surface area contributed by atoms with Gasteiger partial charge >= 0.3 is 11.9 Å². The van der Waals surface area contributed by atoms with Gasteiger partial charge in [0.25, 0.3) is 0 Å². The zero-order chi connectivity index (χ0) is 33.5. The lowest BCUT2D eigenvalue weighted by molar-refractivity contribution is -0.151. The molecule has 5 nitrogen and oxygen atoms in total. The molecule has 0 aromatic rings. The molecule has 0 bridgehead atoms. The van der Waals surface area contributed by atoms with Crippen LogP contribution in [0.25, 0.3) is 0 Å². The van der Waals surface area contributed by atoms with Gasteiger partial charge in [0, 0.05) is 6.42 Å². The smallest absolute Gasteiger partial charge is 0.309 e. The second kappa shape index (κ2) is 31.2. The number of carbonyl (C=O) groups excluding carboxylic acids is 2. The lowest BCUT2D eigenvalue weighted by atomic mass is 9.92. The van der Waals surface area contributed by atoms with Gasteiger partial charge < -0.3 is 14.4 Å². The number of unbranched alkanes of at least 4 members (excludes halogenated alkanes) is 16. The molecule has 1 aliphatic rings. The van der Waals surface area contributed by atoms with Gasteiger partial charge in [-0.15, -0.1) is 0 Å². The van der Waals surface area contributed by atoms with Crippen molar-refractivity contribution in [2.45, 2.75) is 201 Å². The van der Waals surface area contributed by atoms with Crippen molar-refractivity contribution in [3.05, 3.63) is 0 Å². The van der Waals surface area contributed by atoms with Crippen LogP contribution in [0.15, 0.2) is 0 Å². The quantitative estimate of drug-likeness (QED) is 0.0536. The Morgan fingerprint density at radius 3 is 1.54 bits per heavy atom. The van der Waals surface area contributed by atoms with Gasteiger partial charge in [0.1, 0.15) is 0 Å². The predicted molar refractivity (Wildman–Crippen MR) is 196 cm³/mol. The predicted octanol–water partition coefficient (Wildman–Crippen LogP) is 11.8. The van der Waals surface area contributed by atoms with Gasteiger partial charge in [0.05, 0.1) is 19.1 Å². The molecule has 272 valence electrons. The lowest BCUT2D eigenvalue weighted by Crippen LogP contribution is -2.34. The molecule has 0 aromatic carbocycles. The summed E-state index contributed by atoms with van der Waals surface area (Å²) in [5, 5.41) is 0. The van der Waals surface area contributed by atoms with Gasteiger partial charge in [0.15, 0.2) is 0 Å². The van der Waals surface area contributed by atoms with Crippen molar-refractivity contribution in [1.82, 2.24) is 4.90 Å². The van der Waals surface area contributed by atoms with E-state index >= 15 is 0 Å². The largest absolute Gasteiger partial charge is 0.466 e. The highest BCUT2D eigenvalue weighted by molar-refractivity contribution is 5.72. The summed E-state index contributed by atoms with van der Waals surface area (Å²) in [6.45, 7) is 10.0. The second-order valence-corrected chi connectivity index (χ2v) is 14.9. The normalized spacial score (nSPS) is 15.0. The molecule has 1 aliphatic heterocycles. The highest BCUT2D eigenvalue weighted by Crippen LogP contribution is 2.23. The molecule has 1 heterocycles. The number of esters is 2. The average Bonchev–Trinajstić information content (AvgIpc) is 3.05. The minimum Gasteiger partial charge on any atom is -0.466 e. The van der Waals surface area contributed by atoms with Crippen molar-refractivity contribution in [2.75, 3.05) is 33.4 Å². The molecule has 1 unspecified atom stereocenters. The molecule has 1 rings (SSSR count). The number of carbonyl (C=O) groups is 2. The van der Waals surface area contributed by atoms with Gasteiger partial charge in [-0.2, -0.15) is 0 Å². The number of piperidine rings is 1. The van der Waals surface area contributed by atoms with Gasteiger partial charge in [-0.05, 0) is 70.5 Å². The summed E-state index contributed by atoms with van der Waals surface area (Å²) in [5.41, 5.74) is 0. The Labute approximate surface area is 287 Å². The molecular formula is C41H79NO4. The first-order chi connectivity index (χ1) is 22.5. The van der Waals surface area contributed by atoms with Crippen LogP contribution in [0.3, 0.4) is 0 Å². The summed E-state index contributed by atoms with van der Waals surface area (Å²) in [6.07, 6.45) is 33.9. The molecule has 46 heavy (non-hydrogen) atoms. The summed E-state index contributed by atoms with van der Waals surface area (Å²) in [5.74, 6) is 1.37. The molecule has 0 N–H and O–H groups in total. The molecule has 5 heteroatoms. The first kappa shape index (κ1) is 42.9. The molecule has 1 fully saturated rings. The zero-order valence-corrected chi connectivity index (χ0v) is 31.4. The summed E-state index contributed by atoms with van der Waals surface area (Å²) < 4.78 is 11.5. The maximum Gasteiger partial charge on any atom is 0.309 e. The molecule has 0 radical (unpaired) electrons. The van der Waals surface area contributed by atoms with E-state index in [2.05, 4.69) is 32.7 Å². The maximum atomic E-state index is 12.7. The van der Waals surface area contributed by atoms with E-state index in [0.29, 0.717) is 25.6 Å². The van der Waals surface area contributed by atoms with Crippen molar-refractivity contribution in [1.29, 1.82) is 0 Å². The van der Waals surface area contributed by atoms with Crippen LogP contribution in [-0.2, 0) is 19.1 Å². The Balaban J connectivity index is 2.21. The minimum atomic E-state index is -0.000498. The number of likely N-dealkylation sites (tertiary alicyclic amines) is 1. The Bertz CT molecular complexity index is 680. The van der Waals surface area contributed by atoms with Crippen LogP contribution in [0.4, 0.5) is 0 Å². The van der Waals surface area contributed by atoms with Crippen molar-refractivity contribution >= 4 is 11.9 Å². The third-order valence-corrected chi connectivity index (χ3v) is 10.4. The van der Waals surface area contributed by atoms with E-state index in [1.54, 1.807) is 0 Å². The Morgan fingerprint density at radius 2 is 1.00 bits per heavy atom. The average molecular weight is 650 g/mol. The third-order valence-electron chi connectivity index (χ3n) is 10.4. The lowest BCUT2D eigenvalue weighted by Gasteiger charge is -2.28. The molecule has 0 spiro atoms. The SMILES string of the molecule is CCCCCCCCCCC(CCCCCCCCC(=O)OCCC(CCCCC)CCCCC)COC(=O)C1CCN(C)CC1. The Hall–Kier alpha value is -1.10. The number of hydrogen-bond acceptors (Lipinski definition) is 5. The summed E-state index contributed by atoms with van der Waals surface area (Å²) in [4.78, 5) is 27.4. The van der Waals surface area contributed by atoms with Crippen LogP contribution in [-0.4, -0.2) is 50.2 Å². The van der Waals surface area contributed by atoms with Crippen LogP contribution in [0.2, 0.25) is 0 Å². The van der Waals surface area contributed by atoms with E-state index < -0.39 is 0 Å². The van der Waals surface area contributed by atoms with E-state index in [1.165, 1.54) is 141 Å². The van der Waals surface area contributed by atoms with Crippen LogP contribution < -0.4 is 0 Å². The second-order valence-electron chi connectivity index (χ2n) is 14.9. The molecular weight excluding hydrogens is 570 g/mol. The molecule has 0 aliphatic carbocycles. The van der Waals surface area contributed by atoms with E-state index in [-0.39, 0.29) is 17.9 Å². The molecule has 1 atom stereocenters. The molecule has 0 amide bonds. The minimum absolute atomic E-state index is 0.000498. The first-order valence-corrected chi connectivity index (χ1v) is 20.5. The summed E-state index contributed by atoms with van der Waals surface area (Å²) in [7, 11) is 2.14. The van der Waals surface area contributed by atoms with Crippen LogP contribution in [0.1, 0.15) is 201 Å². The summed E-state index contributed by atoms with van der Waals surface area (Å²) >= 11 is 0. The maximum absolute atomic E-state index is 12.7. The van der Waals surface area contributed by atoms with Crippen molar-refractivity contribution in [3.8, 4) is 0 Å². The fourth-order valence-corrected chi connectivity index (χ4v) is 7.06. The zero-order valence-electron chi connectivity index (χ0n) is 31.4. The highest BCUT2D eigenvalue weighted by Gasteiger charge is 2.25. The number of ether oxygens (including phenoxy) is 2. The molecule has 0 aromatic heterocycles.